The van der Waals surface area contributed by atoms with Crippen molar-refractivity contribution in [3.63, 3.8) is 0 Å². The Bertz CT molecular complexity index is 535. The summed E-state index contributed by atoms with van der Waals surface area (Å²) >= 11 is 0. The van der Waals surface area contributed by atoms with Crippen LogP contribution in [0.3, 0.4) is 0 Å². The van der Waals surface area contributed by atoms with E-state index in [0.717, 1.165) is 12.8 Å². The van der Waals surface area contributed by atoms with Gasteiger partial charge in [0.1, 0.15) is 24.2 Å². The zero-order valence-corrected chi connectivity index (χ0v) is 12.8. The molecule has 0 radical (unpaired) electrons. The quantitative estimate of drug-likeness (QED) is 0.738. The molecular weight excluding hydrogens is 303 g/mol. The van der Waals surface area contributed by atoms with E-state index in [9.17, 15) is 14.0 Å². The first-order valence-electron chi connectivity index (χ1n) is 7.68. The summed E-state index contributed by atoms with van der Waals surface area (Å²) in [6.45, 7) is 1.27. The summed E-state index contributed by atoms with van der Waals surface area (Å²) < 4.78 is 18.1. The van der Waals surface area contributed by atoms with Gasteiger partial charge in [0.15, 0.2) is 0 Å². The Hall–Kier alpha value is -2.15. The summed E-state index contributed by atoms with van der Waals surface area (Å²) in [4.78, 5) is 24.7. The Kier molecular flexibility index (Phi) is 6.34. The molecule has 0 saturated carbocycles. The Morgan fingerprint density at radius 1 is 1.30 bits per heavy atom. The van der Waals surface area contributed by atoms with Crippen molar-refractivity contribution in [2.24, 2.45) is 0 Å². The molecular formula is C16H21FN2O4. The van der Waals surface area contributed by atoms with Crippen molar-refractivity contribution in [3.05, 3.63) is 30.1 Å². The molecule has 1 aliphatic heterocycles. The Morgan fingerprint density at radius 3 is 2.74 bits per heavy atom. The van der Waals surface area contributed by atoms with Crippen LogP contribution in [0, 0.1) is 5.82 Å². The predicted molar refractivity (Wildman–Crippen MR) is 81.8 cm³/mol. The fourth-order valence-electron chi connectivity index (χ4n) is 2.59. The van der Waals surface area contributed by atoms with Crippen LogP contribution in [0.2, 0.25) is 0 Å². The fraction of sp³-hybridized carbons (Fsp3) is 0.500. The topological polar surface area (TPSA) is 78.9 Å². The highest BCUT2D eigenvalue weighted by molar-refractivity contribution is 5.80. The van der Waals surface area contributed by atoms with Gasteiger partial charge in [-0.15, -0.1) is 0 Å². The van der Waals surface area contributed by atoms with Gasteiger partial charge >= 0.3 is 5.97 Å². The lowest BCUT2D eigenvalue weighted by Crippen LogP contribution is -2.49. The minimum atomic E-state index is -0.878. The number of hydrogen-bond donors (Lipinski definition) is 2. The van der Waals surface area contributed by atoms with Crippen molar-refractivity contribution in [2.45, 2.75) is 25.3 Å². The van der Waals surface area contributed by atoms with E-state index in [1.807, 2.05) is 0 Å². The van der Waals surface area contributed by atoms with Gasteiger partial charge in [0.05, 0.1) is 13.1 Å². The maximum absolute atomic E-state index is 12.7. The summed E-state index contributed by atoms with van der Waals surface area (Å²) in [6.07, 6.45) is 2.36. The second kappa shape index (κ2) is 8.47. The van der Waals surface area contributed by atoms with E-state index in [2.05, 4.69) is 5.32 Å². The van der Waals surface area contributed by atoms with Crippen molar-refractivity contribution >= 4 is 11.9 Å². The normalized spacial score (nSPS) is 18.4. The van der Waals surface area contributed by atoms with Crippen LogP contribution in [0.1, 0.15) is 19.3 Å². The monoisotopic (exact) mass is 324 g/mol. The van der Waals surface area contributed by atoms with Crippen molar-refractivity contribution in [3.8, 4) is 5.75 Å². The van der Waals surface area contributed by atoms with Crippen molar-refractivity contribution in [1.82, 2.24) is 10.2 Å². The summed E-state index contributed by atoms with van der Waals surface area (Å²) in [5, 5.41) is 11.9. The van der Waals surface area contributed by atoms with Crippen LogP contribution < -0.4 is 10.1 Å². The van der Waals surface area contributed by atoms with Gasteiger partial charge < -0.3 is 15.2 Å². The summed E-state index contributed by atoms with van der Waals surface area (Å²) in [5.74, 6) is -0.902. The fourth-order valence-corrected chi connectivity index (χ4v) is 2.59. The first-order valence-corrected chi connectivity index (χ1v) is 7.68. The van der Waals surface area contributed by atoms with Crippen molar-refractivity contribution < 1.29 is 23.8 Å². The molecule has 1 saturated heterocycles. The number of rotatable bonds is 7. The third-order valence-corrected chi connectivity index (χ3v) is 3.75. The molecule has 0 bridgehead atoms. The van der Waals surface area contributed by atoms with Gasteiger partial charge in [0.25, 0.3) is 0 Å². The number of ether oxygens (including phenoxy) is 1. The number of carboxylic acids is 1. The standard InChI is InChI=1S/C16H21FN2O4/c17-12-4-6-13(7-5-12)23-10-8-18-15(20)11-19-9-2-1-3-14(19)16(21)22/h4-7,14H,1-3,8-11H2,(H,18,20)(H,21,22). The molecule has 7 heteroatoms. The first-order chi connectivity index (χ1) is 11.1. The van der Waals surface area contributed by atoms with Gasteiger partial charge in [-0.2, -0.15) is 0 Å². The molecule has 23 heavy (non-hydrogen) atoms. The number of amides is 1. The van der Waals surface area contributed by atoms with Gasteiger partial charge in [-0.3, -0.25) is 14.5 Å². The molecule has 0 aliphatic carbocycles. The molecule has 1 amide bonds. The second-order valence-electron chi connectivity index (χ2n) is 5.47. The summed E-state index contributed by atoms with van der Waals surface area (Å²) in [7, 11) is 0. The highest BCUT2D eigenvalue weighted by atomic mass is 19.1. The molecule has 1 heterocycles. The molecule has 2 rings (SSSR count). The maximum Gasteiger partial charge on any atom is 0.320 e. The van der Waals surface area contributed by atoms with Crippen LogP contribution in [0.5, 0.6) is 5.75 Å². The minimum Gasteiger partial charge on any atom is -0.492 e. The lowest BCUT2D eigenvalue weighted by atomic mass is 10.0. The van der Waals surface area contributed by atoms with E-state index in [-0.39, 0.29) is 24.9 Å². The molecule has 0 aromatic heterocycles. The highest BCUT2D eigenvalue weighted by Crippen LogP contribution is 2.16. The first kappa shape index (κ1) is 17.2. The van der Waals surface area contributed by atoms with E-state index in [1.54, 1.807) is 4.90 Å². The number of hydrogen-bond acceptors (Lipinski definition) is 4. The molecule has 1 aliphatic rings. The Labute approximate surface area is 134 Å². The number of piperidine rings is 1. The molecule has 1 unspecified atom stereocenters. The number of benzene rings is 1. The van der Waals surface area contributed by atoms with E-state index in [1.165, 1.54) is 24.3 Å². The Balaban J connectivity index is 1.68. The maximum atomic E-state index is 12.7. The largest absolute Gasteiger partial charge is 0.492 e. The molecule has 6 nitrogen and oxygen atoms in total. The number of likely N-dealkylation sites (tertiary alicyclic amines) is 1. The van der Waals surface area contributed by atoms with Gasteiger partial charge in [-0.25, -0.2) is 4.39 Å². The molecule has 126 valence electrons. The van der Waals surface area contributed by atoms with E-state index in [4.69, 9.17) is 9.84 Å². The number of halogens is 1. The van der Waals surface area contributed by atoms with E-state index < -0.39 is 12.0 Å². The molecule has 1 fully saturated rings. The SMILES string of the molecule is O=C(CN1CCCCC1C(=O)O)NCCOc1ccc(F)cc1. The molecule has 2 N–H and O–H groups in total. The van der Waals surface area contributed by atoms with Crippen LogP contribution in [-0.2, 0) is 9.59 Å². The zero-order valence-electron chi connectivity index (χ0n) is 12.8. The number of aliphatic carboxylic acids is 1. The summed E-state index contributed by atoms with van der Waals surface area (Å²) in [5.41, 5.74) is 0. The molecule has 1 aromatic rings. The van der Waals surface area contributed by atoms with E-state index in [0.29, 0.717) is 25.3 Å². The second-order valence-corrected chi connectivity index (χ2v) is 5.47. The number of nitrogens with zero attached hydrogens (tertiary/aromatic N) is 1. The Morgan fingerprint density at radius 2 is 2.04 bits per heavy atom. The van der Waals surface area contributed by atoms with Crippen LogP contribution in [0.25, 0.3) is 0 Å². The molecule has 0 spiro atoms. The van der Waals surface area contributed by atoms with E-state index >= 15 is 0 Å². The minimum absolute atomic E-state index is 0.0769. The number of nitrogens with one attached hydrogen (secondary N) is 1. The number of carboxylic acid groups (broad SMARTS) is 1. The van der Waals surface area contributed by atoms with Crippen molar-refractivity contribution in [1.29, 1.82) is 0 Å². The van der Waals surface area contributed by atoms with Crippen LogP contribution >= 0.6 is 0 Å². The summed E-state index contributed by atoms with van der Waals surface area (Å²) in [6, 6.07) is 5.06. The number of carbonyl (C=O) groups excluding carboxylic acids is 1. The van der Waals surface area contributed by atoms with Crippen LogP contribution in [0.4, 0.5) is 4.39 Å². The van der Waals surface area contributed by atoms with Gasteiger partial charge in [0, 0.05) is 0 Å². The lowest BCUT2D eigenvalue weighted by Gasteiger charge is -2.32. The zero-order chi connectivity index (χ0) is 16.7. The smallest absolute Gasteiger partial charge is 0.320 e. The molecule has 1 atom stereocenters. The van der Waals surface area contributed by atoms with Gasteiger partial charge in [0.2, 0.25) is 5.91 Å². The lowest BCUT2D eigenvalue weighted by molar-refractivity contribution is -0.145. The van der Waals surface area contributed by atoms with Crippen LogP contribution in [-0.4, -0.2) is 54.2 Å². The highest BCUT2D eigenvalue weighted by Gasteiger charge is 2.29. The van der Waals surface area contributed by atoms with Gasteiger partial charge in [-0.05, 0) is 43.7 Å². The average Bonchev–Trinajstić information content (AvgIpc) is 2.53. The average molecular weight is 324 g/mol. The third kappa shape index (κ3) is 5.52. The number of carbonyl (C=O) groups is 2. The third-order valence-electron chi connectivity index (χ3n) is 3.75. The van der Waals surface area contributed by atoms with Crippen molar-refractivity contribution in [2.75, 3.05) is 26.2 Å². The van der Waals surface area contributed by atoms with Gasteiger partial charge in [-0.1, -0.05) is 6.42 Å². The van der Waals surface area contributed by atoms with Crippen LogP contribution in [0.15, 0.2) is 24.3 Å². The predicted octanol–water partition coefficient (Wildman–Crippen LogP) is 1.26. The molecule has 1 aromatic carbocycles.